The molecule has 0 saturated carbocycles. The Morgan fingerprint density at radius 1 is 1.21 bits per heavy atom. The van der Waals surface area contributed by atoms with Gasteiger partial charge in [0.15, 0.2) is 10.1 Å². The van der Waals surface area contributed by atoms with Crippen LogP contribution in [0.25, 0.3) is 0 Å². The molecule has 122 valence electrons. The normalized spacial score (nSPS) is 10.6. The van der Waals surface area contributed by atoms with Gasteiger partial charge in [-0.15, -0.1) is 10.2 Å². The first-order chi connectivity index (χ1) is 11.6. The van der Waals surface area contributed by atoms with E-state index < -0.39 is 0 Å². The summed E-state index contributed by atoms with van der Waals surface area (Å²) in [5.41, 5.74) is 2.86. The Morgan fingerprint density at radius 2 is 2.00 bits per heavy atom. The number of Topliss-reactive ketones (excluding diaryl/α,β-unsaturated/α-hetero) is 1. The second kappa shape index (κ2) is 7.92. The Morgan fingerprint density at radius 3 is 2.75 bits per heavy atom. The van der Waals surface area contributed by atoms with Crippen molar-refractivity contribution < 1.29 is 4.79 Å². The van der Waals surface area contributed by atoms with Gasteiger partial charge < -0.3 is 5.32 Å². The largest absolute Gasteiger partial charge is 0.330 e. The number of benzene rings is 2. The van der Waals surface area contributed by atoms with E-state index in [0.29, 0.717) is 11.3 Å². The molecule has 24 heavy (non-hydrogen) atoms. The molecule has 7 heteroatoms. The number of nitrogens with one attached hydrogen (secondary N) is 1. The lowest BCUT2D eigenvalue weighted by atomic mass is 10.2. The molecule has 0 aliphatic rings. The Kier molecular flexibility index (Phi) is 5.65. The fourth-order valence-corrected chi connectivity index (χ4v) is 3.94. The minimum atomic E-state index is 0.0795. The number of hydrogen-bond donors (Lipinski definition) is 1. The number of thioether (sulfide) groups is 1. The van der Waals surface area contributed by atoms with Gasteiger partial charge in [0.1, 0.15) is 0 Å². The van der Waals surface area contributed by atoms with E-state index >= 15 is 0 Å². The maximum Gasteiger partial charge on any atom is 0.210 e. The summed E-state index contributed by atoms with van der Waals surface area (Å²) < 4.78 is 1.73. The highest BCUT2D eigenvalue weighted by molar-refractivity contribution is 9.10. The van der Waals surface area contributed by atoms with Crippen LogP contribution in [0.4, 0.5) is 10.8 Å². The van der Waals surface area contributed by atoms with E-state index in [9.17, 15) is 4.79 Å². The lowest BCUT2D eigenvalue weighted by Gasteiger charge is -2.02. The van der Waals surface area contributed by atoms with Gasteiger partial charge in [0.2, 0.25) is 5.13 Å². The first kappa shape index (κ1) is 17.1. The summed E-state index contributed by atoms with van der Waals surface area (Å²) in [6.45, 7) is 2.04. The van der Waals surface area contributed by atoms with Crippen LogP contribution in [0.1, 0.15) is 15.9 Å². The monoisotopic (exact) mass is 419 g/mol. The van der Waals surface area contributed by atoms with Crippen LogP contribution in [0.5, 0.6) is 0 Å². The molecule has 0 spiro atoms. The molecule has 0 unspecified atom stereocenters. The van der Waals surface area contributed by atoms with Gasteiger partial charge in [0.25, 0.3) is 0 Å². The van der Waals surface area contributed by atoms with Crippen molar-refractivity contribution >= 4 is 55.6 Å². The number of halogens is 1. The van der Waals surface area contributed by atoms with E-state index in [1.54, 1.807) is 0 Å². The number of rotatable bonds is 6. The maximum absolute atomic E-state index is 12.2. The van der Waals surface area contributed by atoms with Crippen LogP contribution in [0.2, 0.25) is 0 Å². The Bertz CT molecular complexity index is 849. The van der Waals surface area contributed by atoms with E-state index in [2.05, 4.69) is 31.4 Å². The summed E-state index contributed by atoms with van der Waals surface area (Å²) in [6.07, 6.45) is 0. The molecule has 2 aromatic carbocycles. The van der Waals surface area contributed by atoms with Crippen LogP contribution in [0, 0.1) is 6.92 Å². The van der Waals surface area contributed by atoms with Crippen LogP contribution in [-0.2, 0) is 0 Å². The molecule has 0 bridgehead atoms. The molecule has 0 amide bonds. The van der Waals surface area contributed by atoms with Gasteiger partial charge in [-0.3, -0.25) is 4.79 Å². The van der Waals surface area contributed by atoms with Crippen LogP contribution >= 0.6 is 39.0 Å². The highest BCUT2D eigenvalue weighted by Crippen LogP contribution is 2.28. The van der Waals surface area contributed by atoms with Crippen molar-refractivity contribution in [3.05, 3.63) is 64.1 Å². The molecule has 0 aliphatic carbocycles. The topological polar surface area (TPSA) is 54.9 Å². The molecule has 1 heterocycles. The van der Waals surface area contributed by atoms with Gasteiger partial charge in [-0.05, 0) is 36.8 Å². The van der Waals surface area contributed by atoms with Crippen molar-refractivity contribution in [1.82, 2.24) is 10.2 Å². The predicted octanol–water partition coefficient (Wildman–Crippen LogP) is 5.33. The summed E-state index contributed by atoms with van der Waals surface area (Å²) >= 11 is 6.21. The van der Waals surface area contributed by atoms with Crippen LogP contribution in [-0.4, -0.2) is 21.7 Å². The average molecular weight is 420 g/mol. The number of hydrogen-bond acceptors (Lipinski definition) is 6. The minimum absolute atomic E-state index is 0.0795. The van der Waals surface area contributed by atoms with Crippen molar-refractivity contribution in [2.75, 3.05) is 11.1 Å². The standard InChI is InChI=1S/C17H14BrN3OS2/c1-11-3-2-4-14(9-11)19-16-20-21-17(24-16)23-10-15(22)12-5-7-13(18)8-6-12/h2-9H,10H2,1H3,(H,19,20). The van der Waals surface area contributed by atoms with Crippen molar-refractivity contribution in [3.63, 3.8) is 0 Å². The average Bonchev–Trinajstić information content (AvgIpc) is 3.01. The van der Waals surface area contributed by atoms with E-state index in [1.165, 1.54) is 28.7 Å². The smallest absolute Gasteiger partial charge is 0.210 e. The van der Waals surface area contributed by atoms with Gasteiger partial charge in [-0.1, -0.05) is 63.3 Å². The molecule has 0 fully saturated rings. The van der Waals surface area contributed by atoms with Crippen molar-refractivity contribution in [1.29, 1.82) is 0 Å². The minimum Gasteiger partial charge on any atom is -0.330 e. The highest BCUT2D eigenvalue weighted by atomic mass is 79.9. The molecular formula is C17H14BrN3OS2. The molecule has 4 nitrogen and oxygen atoms in total. The van der Waals surface area contributed by atoms with E-state index in [-0.39, 0.29) is 5.78 Å². The molecule has 0 aliphatic heterocycles. The zero-order chi connectivity index (χ0) is 16.9. The molecular weight excluding hydrogens is 406 g/mol. The first-order valence-corrected chi connectivity index (χ1v) is 9.78. The number of carbonyl (C=O) groups is 1. The maximum atomic E-state index is 12.2. The fourth-order valence-electron chi connectivity index (χ4n) is 2.01. The van der Waals surface area contributed by atoms with E-state index in [0.717, 1.165) is 19.6 Å². The summed E-state index contributed by atoms with van der Waals surface area (Å²) in [5.74, 6) is 0.427. The fraction of sp³-hybridized carbons (Fsp3) is 0.118. The zero-order valence-corrected chi connectivity index (χ0v) is 16.0. The van der Waals surface area contributed by atoms with E-state index in [1.807, 2.05) is 55.5 Å². The lowest BCUT2D eigenvalue weighted by molar-refractivity contribution is 0.102. The molecule has 1 aromatic heterocycles. The number of carbonyl (C=O) groups excluding carboxylic acids is 1. The van der Waals surface area contributed by atoms with Crippen molar-refractivity contribution in [2.24, 2.45) is 0 Å². The SMILES string of the molecule is Cc1cccc(Nc2nnc(SCC(=O)c3ccc(Br)cc3)s2)c1. The van der Waals surface area contributed by atoms with E-state index in [4.69, 9.17) is 0 Å². The molecule has 0 atom stereocenters. The number of ketones is 1. The Balaban J connectivity index is 1.58. The third-order valence-corrected chi connectivity index (χ3v) is 5.67. The second-order valence-corrected chi connectivity index (χ2v) is 8.20. The highest BCUT2D eigenvalue weighted by Gasteiger charge is 2.10. The second-order valence-electron chi connectivity index (χ2n) is 5.09. The Hall–Kier alpha value is -1.70. The lowest BCUT2D eigenvalue weighted by Crippen LogP contribution is -2.01. The van der Waals surface area contributed by atoms with Crippen LogP contribution in [0.15, 0.2) is 57.3 Å². The van der Waals surface area contributed by atoms with Gasteiger partial charge in [0.05, 0.1) is 5.75 Å². The number of aryl methyl sites for hydroxylation is 1. The van der Waals surface area contributed by atoms with Gasteiger partial charge in [-0.25, -0.2) is 0 Å². The van der Waals surface area contributed by atoms with Crippen LogP contribution in [0.3, 0.4) is 0 Å². The summed E-state index contributed by atoms with van der Waals surface area (Å²) in [5, 5.41) is 12.2. The van der Waals surface area contributed by atoms with Gasteiger partial charge in [-0.2, -0.15) is 0 Å². The van der Waals surface area contributed by atoms with Crippen molar-refractivity contribution in [2.45, 2.75) is 11.3 Å². The number of anilines is 2. The molecule has 0 saturated heterocycles. The van der Waals surface area contributed by atoms with Crippen molar-refractivity contribution in [3.8, 4) is 0 Å². The first-order valence-electron chi connectivity index (χ1n) is 7.19. The summed E-state index contributed by atoms with van der Waals surface area (Å²) in [4.78, 5) is 12.2. The zero-order valence-electron chi connectivity index (χ0n) is 12.8. The molecule has 3 rings (SSSR count). The Labute approximate surface area is 156 Å². The van der Waals surface area contributed by atoms with Gasteiger partial charge >= 0.3 is 0 Å². The number of aromatic nitrogens is 2. The van der Waals surface area contributed by atoms with Crippen LogP contribution < -0.4 is 5.32 Å². The predicted molar refractivity (Wildman–Crippen MR) is 104 cm³/mol. The molecule has 0 radical (unpaired) electrons. The molecule has 1 N–H and O–H groups in total. The molecule has 3 aromatic rings. The summed E-state index contributed by atoms with van der Waals surface area (Å²) in [6, 6.07) is 15.4. The number of nitrogens with zero attached hydrogens (tertiary/aromatic N) is 2. The third-order valence-electron chi connectivity index (χ3n) is 3.17. The summed E-state index contributed by atoms with van der Waals surface area (Å²) in [7, 11) is 0. The van der Waals surface area contributed by atoms with Gasteiger partial charge in [0, 0.05) is 15.7 Å². The quantitative estimate of drug-likeness (QED) is 0.432. The third kappa shape index (κ3) is 4.66.